The summed E-state index contributed by atoms with van der Waals surface area (Å²) in [6.45, 7) is 2.49. The summed E-state index contributed by atoms with van der Waals surface area (Å²) in [5.74, 6) is 1.64. The zero-order chi connectivity index (χ0) is 19.3. The van der Waals surface area contributed by atoms with Crippen molar-refractivity contribution in [2.24, 2.45) is 0 Å². The summed E-state index contributed by atoms with van der Waals surface area (Å²) in [7, 11) is 0. The first-order valence-corrected chi connectivity index (χ1v) is 8.75. The Kier molecular flexibility index (Phi) is 4.88. The van der Waals surface area contributed by atoms with Crippen LogP contribution in [-0.2, 0) is 0 Å². The van der Waals surface area contributed by atoms with E-state index in [0.29, 0.717) is 41.0 Å². The fraction of sp³-hybridized carbons (Fsp3) is 0.0952. The van der Waals surface area contributed by atoms with E-state index >= 15 is 0 Å². The summed E-state index contributed by atoms with van der Waals surface area (Å²) in [5.41, 5.74) is 1.84. The van der Waals surface area contributed by atoms with Crippen molar-refractivity contribution in [2.75, 3.05) is 11.9 Å². The average Bonchev–Trinajstić information content (AvgIpc) is 3.41. The Balaban J connectivity index is 1.50. The van der Waals surface area contributed by atoms with E-state index < -0.39 is 0 Å². The van der Waals surface area contributed by atoms with E-state index in [2.05, 4.69) is 15.5 Å². The van der Waals surface area contributed by atoms with Crippen LogP contribution in [0, 0.1) is 0 Å². The highest BCUT2D eigenvalue weighted by molar-refractivity contribution is 6.04. The van der Waals surface area contributed by atoms with E-state index in [0.717, 1.165) is 5.75 Å². The molecule has 0 atom stereocenters. The normalized spacial score (nSPS) is 10.6. The molecule has 0 fully saturated rings. The first-order valence-electron chi connectivity index (χ1n) is 8.75. The van der Waals surface area contributed by atoms with Crippen molar-refractivity contribution >= 4 is 11.6 Å². The van der Waals surface area contributed by atoms with Crippen LogP contribution in [0.2, 0.25) is 0 Å². The van der Waals surface area contributed by atoms with Crippen molar-refractivity contribution in [3.63, 3.8) is 0 Å². The molecule has 2 aromatic carbocycles. The lowest BCUT2D eigenvalue weighted by atomic mass is 10.1. The monoisotopic (exact) mass is 375 g/mol. The largest absolute Gasteiger partial charge is 0.494 e. The second-order valence-electron chi connectivity index (χ2n) is 5.88. The van der Waals surface area contributed by atoms with E-state index in [9.17, 15) is 4.79 Å². The second-order valence-corrected chi connectivity index (χ2v) is 5.88. The van der Waals surface area contributed by atoms with Gasteiger partial charge >= 0.3 is 0 Å². The van der Waals surface area contributed by atoms with Gasteiger partial charge in [0, 0.05) is 16.8 Å². The van der Waals surface area contributed by atoms with Gasteiger partial charge in [0.1, 0.15) is 5.75 Å². The molecular formula is C21H17N3O4. The molecule has 4 rings (SSSR count). The quantitative estimate of drug-likeness (QED) is 0.528. The third-order valence-electron chi connectivity index (χ3n) is 3.95. The Morgan fingerprint density at radius 2 is 1.86 bits per heavy atom. The van der Waals surface area contributed by atoms with Crippen LogP contribution in [-0.4, -0.2) is 22.7 Å². The lowest BCUT2D eigenvalue weighted by Crippen LogP contribution is -2.11. The standard InChI is InChI=1S/C21H17N3O4/c1-2-26-17-10-8-14(9-11-17)19(25)22-16-6-3-5-15(13-16)20-23-24-21(28-20)18-7-4-12-27-18/h3-13H,2H2,1H3,(H,22,25). The molecule has 0 bridgehead atoms. The van der Waals surface area contributed by atoms with Crippen LogP contribution >= 0.6 is 0 Å². The van der Waals surface area contributed by atoms with Crippen molar-refractivity contribution in [3.05, 3.63) is 72.5 Å². The van der Waals surface area contributed by atoms with Crippen LogP contribution < -0.4 is 10.1 Å². The number of carbonyl (C=O) groups excluding carboxylic acids is 1. The molecule has 0 aliphatic heterocycles. The smallest absolute Gasteiger partial charge is 0.283 e. The summed E-state index contributed by atoms with van der Waals surface area (Å²) in [6, 6.07) is 17.7. The Morgan fingerprint density at radius 3 is 2.61 bits per heavy atom. The van der Waals surface area contributed by atoms with Gasteiger partial charge in [-0.1, -0.05) is 6.07 Å². The van der Waals surface area contributed by atoms with Crippen molar-refractivity contribution in [3.8, 4) is 28.9 Å². The number of amides is 1. The number of carbonyl (C=O) groups is 1. The third-order valence-corrected chi connectivity index (χ3v) is 3.95. The molecule has 28 heavy (non-hydrogen) atoms. The second kappa shape index (κ2) is 7.79. The van der Waals surface area contributed by atoms with E-state index in [1.807, 2.05) is 13.0 Å². The SMILES string of the molecule is CCOc1ccc(C(=O)Nc2cccc(-c3nnc(-c4ccco4)o3)c2)cc1. The molecule has 4 aromatic rings. The number of rotatable bonds is 6. The molecule has 0 saturated heterocycles. The van der Waals surface area contributed by atoms with Gasteiger partial charge in [-0.05, 0) is 61.5 Å². The van der Waals surface area contributed by atoms with Gasteiger partial charge in [-0.25, -0.2) is 0 Å². The van der Waals surface area contributed by atoms with Crippen LogP contribution in [0.25, 0.3) is 23.1 Å². The Bertz CT molecular complexity index is 1070. The third kappa shape index (κ3) is 3.78. The number of aromatic nitrogens is 2. The number of ether oxygens (including phenoxy) is 1. The maximum absolute atomic E-state index is 12.5. The number of hydrogen-bond donors (Lipinski definition) is 1. The highest BCUT2D eigenvalue weighted by Crippen LogP contribution is 2.26. The molecule has 2 heterocycles. The zero-order valence-electron chi connectivity index (χ0n) is 15.1. The lowest BCUT2D eigenvalue weighted by Gasteiger charge is -2.07. The predicted molar refractivity (Wildman–Crippen MR) is 103 cm³/mol. The number of nitrogens with zero attached hydrogens (tertiary/aromatic N) is 2. The fourth-order valence-electron chi connectivity index (χ4n) is 2.64. The minimum absolute atomic E-state index is 0.220. The predicted octanol–water partition coefficient (Wildman–Crippen LogP) is 4.65. The summed E-state index contributed by atoms with van der Waals surface area (Å²) in [6.07, 6.45) is 1.54. The number of anilines is 1. The van der Waals surface area contributed by atoms with E-state index in [-0.39, 0.29) is 5.91 Å². The van der Waals surface area contributed by atoms with Crippen molar-refractivity contribution in [1.82, 2.24) is 10.2 Å². The number of benzene rings is 2. The Morgan fingerprint density at radius 1 is 1.04 bits per heavy atom. The topological polar surface area (TPSA) is 90.4 Å². The molecule has 0 spiro atoms. The molecule has 7 heteroatoms. The molecule has 1 N–H and O–H groups in total. The highest BCUT2D eigenvalue weighted by Gasteiger charge is 2.13. The first kappa shape index (κ1) is 17.5. The van der Waals surface area contributed by atoms with Gasteiger partial charge in [0.2, 0.25) is 5.89 Å². The van der Waals surface area contributed by atoms with Crippen LogP contribution in [0.5, 0.6) is 5.75 Å². The van der Waals surface area contributed by atoms with E-state index in [1.54, 1.807) is 54.6 Å². The molecule has 0 aliphatic rings. The minimum Gasteiger partial charge on any atom is -0.494 e. The summed E-state index contributed by atoms with van der Waals surface area (Å²) < 4.78 is 16.3. The lowest BCUT2D eigenvalue weighted by molar-refractivity contribution is 0.102. The molecule has 140 valence electrons. The first-order chi connectivity index (χ1) is 13.7. The zero-order valence-corrected chi connectivity index (χ0v) is 15.1. The molecule has 1 amide bonds. The van der Waals surface area contributed by atoms with Gasteiger partial charge in [-0.2, -0.15) is 0 Å². The summed E-state index contributed by atoms with van der Waals surface area (Å²) >= 11 is 0. The van der Waals surface area contributed by atoms with Crippen molar-refractivity contribution in [1.29, 1.82) is 0 Å². The average molecular weight is 375 g/mol. The molecule has 0 saturated carbocycles. The van der Waals surface area contributed by atoms with Gasteiger partial charge in [0.15, 0.2) is 5.76 Å². The van der Waals surface area contributed by atoms with Crippen LogP contribution in [0.15, 0.2) is 75.8 Å². The number of nitrogens with one attached hydrogen (secondary N) is 1. The molecular weight excluding hydrogens is 358 g/mol. The summed E-state index contributed by atoms with van der Waals surface area (Å²) in [4.78, 5) is 12.5. The molecule has 0 unspecified atom stereocenters. The van der Waals surface area contributed by atoms with Crippen LogP contribution in [0.1, 0.15) is 17.3 Å². The molecule has 0 radical (unpaired) electrons. The van der Waals surface area contributed by atoms with Gasteiger partial charge in [-0.15, -0.1) is 10.2 Å². The van der Waals surface area contributed by atoms with Crippen LogP contribution in [0.3, 0.4) is 0 Å². The van der Waals surface area contributed by atoms with Crippen molar-refractivity contribution in [2.45, 2.75) is 6.92 Å². The van der Waals surface area contributed by atoms with Gasteiger partial charge < -0.3 is 18.9 Å². The Labute approximate surface area is 161 Å². The minimum atomic E-state index is -0.220. The summed E-state index contributed by atoms with van der Waals surface area (Å²) in [5, 5.41) is 10.9. The van der Waals surface area contributed by atoms with Gasteiger partial charge in [0.25, 0.3) is 11.8 Å². The number of furan rings is 1. The van der Waals surface area contributed by atoms with Crippen LogP contribution in [0.4, 0.5) is 5.69 Å². The van der Waals surface area contributed by atoms with Gasteiger partial charge in [0.05, 0.1) is 12.9 Å². The Hall–Kier alpha value is -3.87. The van der Waals surface area contributed by atoms with E-state index in [4.69, 9.17) is 13.6 Å². The molecule has 2 aromatic heterocycles. The molecule has 7 nitrogen and oxygen atoms in total. The van der Waals surface area contributed by atoms with E-state index in [1.165, 1.54) is 6.26 Å². The highest BCUT2D eigenvalue weighted by atomic mass is 16.5. The number of hydrogen-bond acceptors (Lipinski definition) is 6. The molecule has 0 aliphatic carbocycles. The maximum Gasteiger partial charge on any atom is 0.283 e. The van der Waals surface area contributed by atoms with Gasteiger partial charge in [-0.3, -0.25) is 4.79 Å². The van der Waals surface area contributed by atoms with Crippen molar-refractivity contribution < 1.29 is 18.4 Å². The maximum atomic E-state index is 12.5. The fourth-order valence-corrected chi connectivity index (χ4v) is 2.64.